The highest BCUT2D eigenvalue weighted by molar-refractivity contribution is 6.35. The molecule has 1 saturated heterocycles. The molecule has 0 saturated carbocycles. The largest absolute Gasteiger partial charge is 0.468 e. The Morgan fingerprint density at radius 3 is 2.38 bits per heavy atom. The molecule has 0 spiro atoms. The maximum Gasteiger partial charge on any atom is 0.309 e. The molecule has 0 radical (unpaired) electrons. The molecule has 1 aliphatic rings. The van der Waals surface area contributed by atoms with Crippen molar-refractivity contribution < 1.29 is 23.5 Å². The summed E-state index contributed by atoms with van der Waals surface area (Å²) >= 11 is 0. The Morgan fingerprint density at radius 1 is 1.07 bits per heavy atom. The lowest BCUT2D eigenvalue weighted by Gasteiger charge is -2.39. The van der Waals surface area contributed by atoms with Gasteiger partial charge in [-0.3, -0.25) is 14.5 Å². The molecule has 0 bridgehead atoms. The Morgan fingerprint density at radius 2 is 1.76 bits per heavy atom. The van der Waals surface area contributed by atoms with Crippen LogP contribution in [-0.2, 0) is 9.59 Å². The molecule has 29 heavy (non-hydrogen) atoms. The molecule has 8 nitrogen and oxygen atoms in total. The Hall–Kier alpha value is -2.91. The molecule has 2 aromatic rings. The average Bonchev–Trinajstić information content (AvgIpc) is 3.27. The van der Waals surface area contributed by atoms with Crippen LogP contribution >= 0.6 is 0 Å². The second-order valence-corrected chi connectivity index (χ2v) is 6.72. The number of carbonyl (C=O) groups excluding carboxylic acids is 2. The molecule has 9 heteroatoms. The summed E-state index contributed by atoms with van der Waals surface area (Å²) < 4.78 is 18.7. The minimum atomic E-state index is -0.779. The Kier molecular flexibility index (Phi) is 7.20. The summed E-state index contributed by atoms with van der Waals surface area (Å²) in [7, 11) is 0. The van der Waals surface area contributed by atoms with E-state index >= 15 is 0 Å². The first-order valence-electron chi connectivity index (χ1n) is 9.53. The van der Waals surface area contributed by atoms with E-state index < -0.39 is 11.8 Å². The summed E-state index contributed by atoms with van der Waals surface area (Å²) in [4.78, 5) is 28.0. The Bertz CT molecular complexity index is 789. The van der Waals surface area contributed by atoms with Crippen molar-refractivity contribution in [2.24, 2.45) is 0 Å². The number of aliphatic hydroxyl groups is 1. The number of halogens is 1. The van der Waals surface area contributed by atoms with Gasteiger partial charge < -0.3 is 25.1 Å². The van der Waals surface area contributed by atoms with Crippen LogP contribution in [0.1, 0.15) is 11.8 Å². The van der Waals surface area contributed by atoms with Crippen molar-refractivity contribution in [3.8, 4) is 0 Å². The number of aliphatic hydroxyl groups excluding tert-OH is 1. The van der Waals surface area contributed by atoms with Gasteiger partial charge in [-0.05, 0) is 36.4 Å². The van der Waals surface area contributed by atoms with Crippen LogP contribution < -0.4 is 15.5 Å². The van der Waals surface area contributed by atoms with Gasteiger partial charge in [-0.2, -0.15) is 0 Å². The third kappa shape index (κ3) is 5.55. The molecule has 2 heterocycles. The van der Waals surface area contributed by atoms with Gasteiger partial charge in [0, 0.05) is 45.0 Å². The lowest BCUT2D eigenvalue weighted by molar-refractivity contribution is -0.139. The summed E-state index contributed by atoms with van der Waals surface area (Å²) in [5.41, 5.74) is 0.967. The second-order valence-electron chi connectivity index (χ2n) is 6.72. The summed E-state index contributed by atoms with van der Waals surface area (Å²) in [5, 5.41) is 13.7. The number of piperazine rings is 1. The highest BCUT2D eigenvalue weighted by Crippen LogP contribution is 2.24. The molecule has 1 fully saturated rings. The van der Waals surface area contributed by atoms with Gasteiger partial charge in [0.2, 0.25) is 0 Å². The van der Waals surface area contributed by atoms with Crippen molar-refractivity contribution in [1.29, 1.82) is 0 Å². The molecule has 2 amide bonds. The fourth-order valence-corrected chi connectivity index (χ4v) is 3.35. The number of rotatable bonds is 7. The highest BCUT2D eigenvalue weighted by Gasteiger charge is 2.28. The minimum Gasteiger partial charge on any atom is -0.468 e. The van der Waals surface area contributed by atoms with Gasteiger partial charge >= 0.3 is 11.8 Å². The number of hydrogen-bond acceptors (Lipinski definition) is 6. The molecule has 3 rings (SSSR count). The molecule has 0 aliphatic carbocycles. The Labute approximate surface area is 168 Å². The van der Waals surface area contributed by atoms with E-state index in [1.165, 1.54) is 12.1 Å². The molecule has 156 valence electrons. The Balaban J connectivity index is 1.59. The van der Waals surface area contributed by atoms with Crippen molar-refractivity contribution in [2.75, 3.05) is 50.8 Å². The van der Waals surface area contributed by atoms with Gasteiger partial charge in [-0.1, -0.05) is 0 Å². The predicted molar refractivity (Wildman–Crippen MR) is 105 cm³/mol. The number of furan rings is 1. The van der Waals surface area contributed by atoms with Crippen LogP contribution in [0.4, 0.5) is 10.1 Å². The normalized spacial score (nSPS) is 15.7. The van der Waals surface area contributed by atoms with Crippen molar-refractivity contribution in [3.63, 3.8) is 0 Å². The molecule has 1 atom stereocenters. The third-order valence-electron chi connectivity index (χ3n) is 4.88. The van der Waals surface area contributed by atoms with Crippen LogP contribution in [0.2, 0.25) is 0 Å². The monoisotopic (exact) mass is 404 g/mol. The molecule has 3 N–H and O–H groups in total. The maximum absolute atomic E-state index is 13.1. The third-order valence-corrected chi connectivity index (χ3v) is 4.88. The van der Waals surface area contributed by atoms with Gasteiger partial charge in [-0.15, -0.1) is 0 Å². The number of hydrogen-bond donors (Lipinski definition) is 3. The van der Waals surface area contributed by atoms with Crippen molar-refractivity contribution in [3.05, 3.63) is 54.2 Å². The number of anilines is 1. The van der Waals surface area contributed by atoms with E-state index in [2.05, 4.69) is 20.4 Å². The summed E-state index contributed by atoms with van der Waals surface area (Å²) in [6, 6.07) is 9.84. The van der Waals surface area contributed by atoms with E-state index in [1.807, 2.05) is 6.07 Å². The van der Waals surface area contributed by atoms with Crippen molar-refractivity contribution >= 4 is 17.5 Å². The number of nitrogens with zero attached hydrogens (tertiary/aromatic N) is 2. The first-order valence-corrected chi connectivity index (χ1v) is 9.53. The standard InChI is InChI=1S/C20H25FN4O4/c21-15-3-5-16(6-4-15)24-8-10-25(11-9-24)17(18-2-1-13-29-18)14-23-20(28)19(27)22-7-12-26/h1-6,13,17,26H,7-12,14H2,(H,22,27)(H,23,28)/t17-/m1/s1. The van der Waals surface area contributed by atoms with Gasteiger partial charge in [0.05, 0.1) is 18.9 Å². The highest BCUT2D eigenvalue weighted by atomic mass is 19.1. The molecule has 1 aliphatic heterocycles. The lowest BCUT2D eigenvalue weighted by atomic mass is 10.1. The number of carbonyl (C=O) groups is 2. The summed E-state index contributed by atoms with van der Waals surface area (Å²) in [6.07, 6.45) is 1.58. The van der Waals surface area contributed by atoms with Crippen LogP contribution in [0.25, 0.3) is 0 Å². The molecular formula is C20H25FN4O4. The van der Waals surface area contributed by atoms with E-state index in [9.17, 15) is 14.0 Å². The summed E-state index contributed by atoms with van der Waals surface area (Å²) in [5.74, 6) is -1.08. The molecule has 0 unspecified atom stereocenters. The zero-order valence-corrected chi connectivity index (χ0v) is 16.0. The summed E-state index contributed by atoms with van der Waals surface area (Å²) in [6.45, 7) is 2.94. The number of nitrogens with one attached hydrogen (secondary N) is 2. The van der Waals surface area contributed by atoms with Gasteiger partial charge in [0.1, 0.15) is 11.6 Å². The molecule has 1 aromatic heterocycles. The van der Waals surface area contributed by atoms with Gasteiger partial charge in [0.15, 0.2) is 0 Å². The topological polar surface area (TPSA) is 98.0 Å². The van der Waals surface area contributed by atoms with E-state index in [4.69, 9.17) is 9.52 Å². The average molecular weight is 404 g/mol. The maximum atomic E-state index is 13.1. The van der Waals surface area contributed by atoms with E-state index in [-0.39, 0.29) is 31.6 Å². The fraction of sp³-hybridized carbons (Fsp3) is 0.400. The van der Waals surface area contributed by atoms with E-state index in [1.54, 1.807) is 24.5 Å². The van der Waals surface area contributed by atoms with Crippen molar-refractivity contribution in [2.45, 2.75) is 6.04 Å². The van der Waals surface area contributed by atoms with E-state index in [0.29, 0.717) is 5.76 Å². The smallest absolute Gasteiger partial charge is 0.309 e. The molecule has 1 aromatic carbocycles. The zero-order valence-electron chi connectivity index (χ0n) is 16.0. The first-order chi connectivity index (χ1) is 14.1. The fourth-order valence-electron chi connectivity index (χ4n) is 3.35. The van der Waals surface area contributed by atoms with Crippen LogP contribution in [0.15, 0.2) is 47.1 Å². The number of amides is 2. The SMILES string of the molecule is O=C(NCCO)C(=O)NC[C@H](c1ccco1)N1CCN(c2ccc(F)cc2)CC1. The van der Waals surface area contributed by atoms with Gasteiger partial charge in [0.25, 0.3) is 0 Å². The first kappa shape index (κ1) is 20.8. The van der Waals surface area contributed by atoms with Crippen LogP contribution in [0.3, 0.4) is 0 Å². The zero-order chi connectivity index (χ0) is 20.6. The van der Waals surface area contributed by atoms with Crippen LogP contribution in [0, 0.1) is 5.82 Å². The van der Waals surface area contributed by atoms with Crippen molar-refractivity contribution in [1.82, 2.24) is 15.5 Å². The van der Waals surface area contributed by atoms with Crippen LogP contribution in [-0.4, -0.2) is 67.7 Å². The quantitative estimate of drug-likeness (QED) is 0.582. The number of benzene rings is 1. The van der Waals surface area contributed by atoms with Gasteiger partial charge in [-0.25, -0.2) is 4.39 Å². The van der Waals surface area contributed by atoms with E-state index in [0.717, 1.165) is 31.9 Å². The predicted octanol–water partition coefficient (Wildman–Crippen LogP) is 0.507. The van der Waals surface area contributed by atoms with Crippen LogP contribution in [0.5, 0.6) is 0 Å². The molecular weight excluding hydrogens is 379 g/mol. The second kappa shape index (κ2) is 10.0. The lowest BCUT2D eigenvalue weighted by Crippen LogP contribution is -2.50. The minimum absolute atomic E-state index is 0.0270.